The Kier molecular flexibility index (Phi) is 23.3. The van der Waals surface area contributed by atoms with Crippen molar-refractivity contribution in [3.63, 3.8) is 0 Å². The summed E-state index contributed by atoms with van der Waals surface area (Å²) in [5, 5.41) is 9.29. The molecule has 0 bridgehead atoms. The maximum atomic E-state index is 11.6. The molecule has 0 amide bonds. The standard InChI is InChI=1S/C28H52O4/c1-3-5-6-7-8-9-10-11-12-13-14-15-16-17-18-19-20-21-22-23-26(28(30)31)25-27(29)32-24-4-2/h11-12,26H,3-10,13-25H2,1-2H3,(H,30,31)/b12-11+. The van der Waals surface area contributed by atoms with Crippen LogP contribution < -0.4 is 0 Å². The predicted molar refractivity (Wildman–Crippen MR) is 135 cm³/mol. The average Bonchev–Trinajstić information content (AvgIpc) is 2.78. The number of carboxylic acid groups (broad SMARTS) is 1. The Morgan fingerprint density at radius 1 is 0.688 bits per heavy atom. The monoisotopic (exact) mass is 452 g/mol. The molecule has 1 N–H and O–H groups in total. The first-order valence-corrected chi connectivity index (χ1v) is 13.6. The zero-order valence-corrected chi connectivity index (χ0v) is 21.3. The molecular formula is C28H52O4. The van der Waals surface area contributed by atoms with Gasteiger partial charge in [-0.1, -0.05) is 109 Å². The van der Waals surface area contributed by atoms with E-state index in [9.17, 15) is 14.7 Å². The molecule has 1 unspecified atom stereocenters. The lowest BCUT2D eigenvalue weighted by Crippen LogP contribution is -2.19. The Bertz CT molecular complexity index is 458. The molecule has 0 heterocycles. The summed E-state index contributed by atoms with van der Waals surface area (Å²) in [6.45, 7) is 4.57. The van der Waals surface area contributed by atoms with E-state index in [-0.39, 0.29) is 12.4 Å². The second kappa shape index (κ2) is 24.3. The van der Waals surface area contributed by atoms with Crippen LogP contribution in [0.5, 0.6) is 0 Å². The van der Waals surface area contributed by atoms with Crippen molar-refractivity contribution in [3.05, 3.63) is 12.2 Å². The number of hydrogen-bond acceptors (Lipinski definition) is 3. The molecule has 0 radical (unpaired) electrons. The molecule has 0 saturated carbocycles. The fourth-order valence-corrected chi connectivity index (χ4v) is 3.96. The van der Waals surface area contributed by atoms with Gasteiger partial charge >= 0.3 is 11.9 Å². The van der Waals surface area contributed by atoms with Crippen LogP contribution in [0.4, 0.5) is 0 Å². The van der Waals surface area contributed by atoms with Gasteiger partial charge in [0, 0.05) is 0 Å². The van der Waals surface area contributed by atoms with Crippen LogP contribution in [-0.2, 0) is 14.3 Å². The van der Waals surface area contributed by atoms with E-state index in [1.54, 1.807) is 0 Å². The highest BCUT2D eigenvalue weighted by atomic mass is 16.5. The molecule has 0 spiro atoms. The summed E-state index contributed by atoms with van der Waals surface area (Å²) in [5.41, 5.74) is 0. The molecule has 0 aromatic heterocycles. The maximum absolute atomic E-state index is 11.6. The zero-order valence-electron chi connectivity index (χ0n) is 21.3. The van der Waals surface area contributed by atoms with E-state index in [0.717, 1.165) is 25.7 Å². The molecule has 1 atom stereocenters. The van der Waals surface area contributed by atoms with Gasteiger partial charge in [0.2, 0.25) is 0 Å². The maximum Gasteiger partial charge on any atom is 0.307 e. The first-order valence-electron chi connectivity index (χ1n) is 13.6. The van der Waals surface area contributed by atoms with Gasteiger partial charge in [-0.2, -0.15) is 0 Å². The lowest BCUT2D eigenvalue weighted by Gasteiger charge is -2.11. The van der Waals surface area contributed by atoms with Crippen molar-refractivity contribution in [1.29, 1.82) is 0 Å². The molecule has 0 saturated heterocycles. The fourth-order valence-electron chi connectivity index (χ4n) is 3.96. The molecule has 0 aromatic carbocycles. The van der Waals surface area contributed by atoms with E-state index in [2.05, 4.69) is 19.1 Å². The van der Waals surface area contributed by atoms with Gasteiger partial charge in [-0.25, -0.2) is 0 Å². The van der Waals surface area contributed by atoms with Gasteiger partial charge in [-0.05, 0) is 38.5 Å². The van der Waals surface area contributed by atoms with Crippen molar-refractivity contribution in [2.45, 2.75) is 142 Å². The number of hydrogen-bond donors (Lipinski definition) is 1. The van der Waals surface area contributed by atoms with Gasteiger partial charge in [-0.3, -0.25) is 9.59 Å². The van der Waals surface area contributed by atoms with Gasteiger partial charge in [-0.15, -0.1) is 0 Å². The Morgan fingerprint density at radius 2 is 1.16 bits per heavy atom. The third-order valence-corrected chi connectivity index (χ3v) is 6.04. The van der Waals surface area contributed by atoms with E-state index < -0.39 is 11.9 Å². The van der Waals surface area contributed by atoms with Crippen molar-refractivity contribution in [3.8, 4) is 0 Å². The number of allylic oxidation sites excluding steroid dienone is 2. The van der Waals surface area contributed by atoms with E-state index in [0.29, 0.717) is 13.0 Å². The lowest BCUT2D eigenvalue weighted by atomic mass is 9.97. The number of rotatable bonds is 24. The van der Waals surface area contributed by atoms with Crippen molar-refractivity contribution in [1.82, 2.24) is 0 Å². The second-order valence-electron chi connectivity index (χ2n) is 9.25. The van der Waals surface area contributed by atoms with Crippen molar-refractivity contribution in [2.24, 2.45) is 5.92 Å². The number of carbonyl (C=O) groups is 2. The molecule has 188 valence electrons. The Morgan fingerprint density at radius 3 is 1.62 bits per heavy atom. The quantitative estimate of drug-likeness (QED) is 0.0904. The highest BCUT2D eigenvalue weighted by Crippen LogP contribution is 2.17. The molecule has 0 fully saturated rings. The Hall–Kier alpha value is -1.32. The van der Waals surface area contributed by atoms with Crippen LogP contribution in [0.1, 0.15) is 142 Å². The van der Waals surface area contributed by atoms with Crippen LogP contribution in [0.15, 0.2) is 12.2 Å². The van der Waals surface area contributed by atoms with Crippen LogP contribution in [0.3, 0.4) is 0 Å². The summed E-state index contributed by atoms with van der Waals surface area (Å²) in [5.74, 6) is -1.86. The van der Waals surface area contributed by atoms with E-state index in [4.69, 9.17) is 4.74 Å². The smallest absolute Gasteiger partial charge is 0.307 e. The molecular weight excluding hydrogens is 400 g/mol. The number of aliphatic carboxylic acids is 1. The summed E-state index contributed by atoms with van der Waals surface area (Å²) >= 11 is 0. The van der Waals surface area contributed by atoms with Crippen LogP contribution in [0.2, 0.25) is 0 Å². The molecule has 0 aliphatic rings. The summed E-state index contributed by atoms with van der Waals surface area (Å²) in [7, 11) is 0. The van der Waals surface area contributed by atoms with E-state index in [1.807, 2.05) is 6.92 Å². The summed E-state index contributed by atoms with van der Waals surface area (Å²) in [6, 6.07) is 0. The predicted octanol–water partition coefficient (Wildman–Crippen LogP) is 8.63. The van der Waals surface area contributed by atoms with Crippen LogP contribution in [0, 0.1) is 5.92 Å². The Labute approximate surface area is 198 Å². The third-order valence-electron chi connectivity index (χ3n) is 6.04. The molecule has 0 aliphatic carbocycles. The Balaban J connectivity index is 3.43. The van der Waals surface area contributed by atoms with Crippen LogP contribution in [0.25, 0.3) is 0 Å². The molecule has 0 aromatic rings. The summed E-state index contributed by atoms with van der Waals surface area (Å²) in [4.78, 5) is 22.9. The number of ether oxygens (including phenoxy) is 1. The summed E-state index contributed by atoms with van der Waals surface area (Å²) < 4.78 is 5.01. The number of carboxylic acids is 1. The highest BCUT2D eigenvalue weighted by Gasteiger charge is 2.21. The topological polar surface area (TPSA) is 63.6 Å². The normalized spacial score (nSPS) is 12.3. The highest BCUT2D eigenvalue weighted by molar-refractivity contribution is 5.78. The third kappa shape index (κ3) is 21.9. The van der Waals surface area contributed by atoms with E-state index in [1.165, 1.54) is 89.9 Å². The minimum atomic E-state index is -0.879. The number of carbonyl (C=O) groups excluding carboxylic acids is 1. The second-order valence-corrected chi connectivity index (χ2v) is 9.25. The minimum Gasteiger partial charge on any atom is -0.481 e. The first-order chi connectivity index (χ1) is 15.6. The van der Waals surface area contributed by atoms with Gasteiger partial charge in [0.05, 0.1) is 18.9 Å². The van der Waals surface area contributed by atoms with Crippen molar-refractivity contribution >= 4 is 11.9 Å². The molecule has 0 rings (SSSR count). The number of esters is 1. The number of unbranched alkanes of at least 4 members (excludes halogenated alkanes) is 15. The van der Waals surface area contributed by atoms with Crippen molar-refractivity contribution in [2.75, 3.05) is 6.61 Å². The fraction of sp³-hybridized carbons (Fsp3) is 0.857. The van der Waals surface area contributed by atoms with Crippen LogP contribution in [-0.4, -0.2) is 23.7 Å². The molecule has 4 heteroatoms. The van der Waals surface area contributed by atoms with E-state index >= 15 is 0 Å². The molecule has 0 aliphatic heterocycles. The lowest BCUT2D eigenvalue weighted by molar-refractivity contribution is -0.151. The largest absolute Gasteiger partial charge is 0.481 e. The van der Waals surface area contributed by atoms with Gasteiger partial charge < -0.3 is 9.84 Å². The first kappa shape index (κ1) is 30.7. The minimum absolute atomic E-state index is 0.00354. The zero-order chi connectivity index (χ0) is 23.7. The van der Waals surface area contributed by atoms with Gasteiger partial charge in [0.25, 0.3) is 0 Å². The van der Waals surface area contributed by atoms with Crippen molar-refractivity contribution < 1.29 is 19.4 Å². The average molecular weight is 453 g/mol. The molecule has 32 heavy (non-hydrogen) atoms. The molecule has 4 nitrogen and oxygen atoms in total. The SMILES string of the molecule is CCCCCCCC/C=C/CCCCCCCCCCCC(CC(=O)OCCC)C(=O)O. The summed E-state index contributed by atoms with van der Waals surface area (Å²) in [6.07, 6.45) is 27.7. The van der Waals surface area contributed by atoms with Crippen LogP contribution >= 0.6 is 0 Å². The van der Waals surface area contributed by atoms with Gasteiger partial charge in [0.15, 0.2) is 0 Å². The van der Waals surface area contributed by atoms with Gasteiger partial charge in [0.1, 0.15) is 0 Å².